The van der Waals surface area contributed by atoms with Gasteiger partial charge in [0.2, 0.25) is 17.7 Å². The van der Waals surface area contributed by atoms with E-state index in [4.69, 9.17) is 17.2 Å². The van der Waals surface area contributed by atoms with Crippen LogP contribution < -0.4 is 33.2 Å². The van der Waals surface area contributed by atoms with Gasteiger partial charge in [-0.2, -0.15) is 0 Å². The number of nitrogens with zero attached hydrogens (tertiary/aromatic N) is 1. The van der Waals surface area contributed by atoms with Gasteiger partial charge < -0.3 is 48.3 Å². The summed E-state index contributed by atoms with van der Waals surface area (Å²) in [4.78, 5) is 56.0. The van der Waals surface area contributed by atoms with Gasteiger partial charge in [-0.25, -0.2) is 4.79 Å². The van der Waals surface area contributed by atoms with Crippen LogP contribution in [0.15, 0.2) is 35.5 Å². The first kappa shape index (κ1) is 28.1. The summed E-state index contributed by atoms with van der Waals surface area (Å²) in [5.41, 5.74) is 17.3. The zero-order valence-electron chi connectivity index (χ0n) is 19.6. The molecule has 1 heterocycles. The molecule has 3 amide bonds. The number of carboxylic acid groups (broad SMARTS) is 1. The Hall–Kier alpha value is -4.17. The number of aliphatic imine (C=N–C) groups is 1. The summed E-state index contributed by atoms with van der Waals surface area (Å²) in [6.07, 6.45) is 1.99. The molecule has 0 saturated carbocycles. The highest BCUT2D eigenvalue weighted by molar-refractivity contribution is 5.94. The molecule has 3 atom stereocenters. The van der Waals surface area contributed by atoms with Crippen molar-refractivity contribution >= 4 is 40.6 Å². The number of aliphatic hydroxyl groups excluding tert-OH is 1. The van der Waals surface area contributed by atoms with Crippen molar-refractivity contribution in [2.45, 2.75) is 37.4 Å². The second-order valence-corrected chi connectivity index (χ2v) is 7.98. The molecule has 12 N–H and O–H groups in total. The molecule has 0 aliphatic rings. The maximum atomic E-state index is 13.1. The predicted octanol–water partition coefficient (Wildman–Crippen LogP) is -2.75. The highest BCUT2D eigenvalue weighted by Gasteiger charge is 2.29. The molecule has 36 heavy (non-hydrogen) atoms. The Bertz CT molecular complexity index is 1100. The molecule has 0 aliphatic heterocycles. The van der Waals surface area contributed by atoms with E-state index in [1.54, 1.807) is 6.20 Å². The highest BCUT2D eigenvalue weighted by atomic mass is 16.4. The van der Waals surface area contributed by atoms with Crippen LogP contribution in [0.1, 0.15) is 18.4 Å². The second kappa shape index (κ2) is 13.7. The van der Waals surface area contributed by atoms with Crippen molar-refractivity contribution in [1.82, 2.24) is 20.9 Å². The molecule has 2 rings (SSSR count). The molecule has 2 aromatic rings. The van der Waals surface area contributed by atoms with Crippen LogP contribution in [-0.2, 0) is 25.6 Å². The van der Waals surface area contributed by atoms with Crippen LogP contribution >= 0.6 is 0 Å². The summed E-state index contributed by atoms with van der Waals surface area (Å²) in [6.45, 7) is -0.981. The molecular weight excluding hydrogens is 472 g/mol. The van der Waals surface area contributed by atoms with E-state index in [2.05, 4.69) is 25.9 Å². The zero-order chi connectivity index (χ0) is 26.7. The SMILES string of the molecule is NCC(=O)NC(CO)C(=O)NC(CCCN=C(N)N)C(=O)NC(Cc1c[nH]c2ccccc12)C(=O)O. The first-order valence-corrected chi connectivity index (χ1v) is 11.2. The number of carbonyl (C=O) groups is 4. The fourth-order valence-corrected chi connectivity index (χ4v) is 3.48. The van der Waals surface area contributed by atoms with E-state index < -0.39 is 55.0 Å². The Morgan fingerprint density at radius 3 is 2.31 bits per heavy atom. The van der Waals surface area contributed by atoms with Crippen LogP contribution in [0.5, 0.6) is 0 Å². The van der Waals surface area contributed by atoms with Crippen LogP contribution in [0, 0.1) is 0 Å². The van der Waals surface area contributed by atoms with Crippen molar-refractivity contribution in [3.05, 3.63) is 36.0 Å². The average Bonchev–Trinajstić information content (AvgIpc) is 3.26. The van der Waals surface area contributed by atoms with Crippen LogP contribution in [0.3, 0.4) is 0 Å². The topological polar surface area (TPSA) is 251 Å². The zero-order valence-corrected chi connectivity index (χ0v) is 19.6. The van der Waals surface area contributed by atoms with Gasteiger partial charge in [-0.15, -0.1) is 0 Å². The molecule has 0 radical (unpaired) electrons. The fourth-order valence-electron chi connectivity index (χ4n) is 3.48. The quantitative estimate of drug-likeness (QED) is 0.0733. The van der Waals surface area contributed by atoms with Gasteiger partial charge in [0, 0.05) is 30.1 Å². The van der Waals surface area contributed by atoms with E-state index in [0.717, 1.165) is 10.9 Å². The molecule has 0 saturated heterocycles. The minimum absolute atomic E-state index is 0.00836. The van der Waals surface area contributed by atoms with E-state index in [-0.39, 0.29) is 31.8 Å². The number of aliphatic hydroxyl groups is 1. The van der Waals surface area contributed by atoms with Crippen LogP contribution in [-0.4, -0.2) is 82.7 Å². The number of carbonyl (C=O) groups excluding carboxylic acids is 3. The summed E-state index contributed by atoms with van der Waals surface area (Å²) in [6, 6.07) is 3.49. The summed E-state index contributed by atoms with van der Waals surface area (Å²) in [7, 11) is 0. The first-order chi connectivity index (χ1) is 17.2. The number of carboxylic acids is 1. The number of amides is 3. The fraction of sp³-hybridized carbons (Fsp3) is 0.409. The lowest BCUT2D eigenvalue weighted by molar-refractivity contribution is -0.142. The number of benzene rings is 1. The van der Waals surface area contributed by atoms with Crippen LogP contribution in [0.2, 0.25) is 0 Å². The molecule has 196 valence electrons. The third kappa shape index (κ3) is 8.25. The summed E-state index contributed by atoms with van der Waals surface area (Å²) in [5.74, 6) is -3.69. The average molecular weight is 505 g/mol. The summed E-state index contributed by atoms with van der Waals surface area (Å²) < 4.78 is 0. The Morgan fingerprint density at radius 2 is 1.67 bits per heavy atom. The normalized spacial score (nSPS) is 13.3. The van der Waals surface area contributed by atoms with Gasteiger partial charge >= 0.3 is 5.97 Å². The number of aromatic nitrogens is 1. The molecule has 0 spiro atoms. The van der Waals surface area contributed by atoms with Gasteiger partial charge in [0.1, 0.15) is 18.1 Å². The maximum absolute atomic E-state index is 13.1. The molecule has 0 aliphatic carbocycles. The minimum Gasteiger partial charge on any atom is -0.480 e. The van der Waals surface area contributed by atoms with Crippen LogP contribution in [0.25, 0.3) is 10.9 Å². The lowest BCUT2D eigenvalue weighted by atomic mass is 10.0. The lowest BCUT2D eigenvalue weighted by Gasteiger charge is -2.23. The first-order valence-electron chi connectivity index (χ1n) is 11.2. The highest BCUT2D eigenvalue weighted by Crippen LogP contribution is 2.19. The number of hydrogen-bond donors (Lipinski definition) is 9. The standard InChI is InChI=1S/C22H32N8O6/c23-9-18(32)28-17(11-31)20(34)29-15(6-3-7-26-22(24)25)19(33)30-16(21(35)36)8-12-10-27-14-5-2-1-4-13(12)14/h1-2,4-5,10,15-17,27,31H,3,6-9,11,23H2,(H,28,32)(H,29,34)(H,30,33)(H,35,36)(H4,24,25,26). The maximum Gasteiger partial charge on any atom is 0.326 e. The number of fused-ring (bicyclic) bond motifs is 1. The molecule has 14 heteroatoms. The van der Waals surface area contributed by atoms with Gasteiger partial charge in [0.15, 0.2) is 5.96 Å². The number of hydrogen-bond acceptors (Lipinski definition) is 7. The van der Waals surface area contributed by atoms with Crippen molar-refractivity contribution in [1.29, 1.82) is 0 Å². The monoisotopic (exact) mass is 504 g/mol. The van der Waals surface area contributed by atoms with Gasteiger partial charge in [-0.05, 0) is 24.5 Å². The largest absolute Gasteiger partial charge is 0.480 e. The van der Waals surface area contributed by atoms with E-state index in [9.17, 15) is 29.4 Å². The Morgan fingerprint density at radius 1 is 1.00 bits per heavy atom. The third-order valence-electron chi connectivity index (χ3n) is 5.31. The van der Waals surface area contributed by atoms with Crippen molar-refractivity contribution in [2.24, 2.45) is 22.2 Å². The number of para-hydroxylation sites is 1. The predicted molar refractivity (Wildman–Crippen MR) is 131 cm³/mol. The van der Waals surface area contributed by atoms with Gasteiger partial charge in [0.25, 0.3) is 0 Å². The second-order valence-electron chi connectivity index (χ2n) is 7.98. The van der Waals surface area contributed by atoms with Gasteiger partial charge in [-0.3, -0.25) is 19.4 Å². The van der Waals surface area contributed by atoms with Crippen molar-refractivity contribution in [3.8, 4) is 0 Å². The Labute approximate surface area is 206 Å². The summed E-state index contributed by atoms with van der Waals surface area (Å²) >= 11 is 0. The molecule has 14 nitrogen and oxygen atoms in total. The van der Waals surface area contributed by atoms with Crippen LogP contribution in [0.4, 0.5) is 0 Å². The number of guanidine groups is 1. The lowest BCUT2D eigenvalue weighted by Crippen LogP contribution is -2.57. The number of aromatic amines is 1. The molecule has 1 aromatic carbocycles. The Balaban J connectivity index is 2.16. The smallest absolute Gasteiger partial charge is 0.326 e. The molecule has 3 unspecified atom stereocenters. The van der Waals surface area contributed by atoms with Crippen molar-refractivity contribution < 1.29 is 29.4 Å². The van der Waals surface area contributed by atoms with Gasteiger partial charge in [-0.1, -0.05) is 18.2 Å². The molecule has 0 bridgehead atoms. The number of aliphatic carboxylic acids is 1. The number of nitrogens with two attached hydrogens (primary N) is 3. The molecular formula is C22H32N8O6. The van der Waals surface area contributed by atoms with Crippen molar-refractivity contribution in [2.75, 3.05) is 19.7 Å². The van der Waals surface area contributed by atoms with E-state index in [1.807, 2.05) is 24.3 Å². The molecule has 0 fully saturated rings. The number of nitrogens with one attached hydrogen (secondary N) is 4. The Kier molecular flexibility index (Phi) is 10.6. The summed E-state index contributed by atoms with van der Waals surface area (Å²) in [5, 5.41) is 27.2. The van der Waals surface area contributed by atoms with Crippen molar-refractivity contribution in [3.63, 3.8) is 0 Å². The molecule has 1 aromatic heterocycles. The van der Waals surface area contributed by atoms with E-state index in [1.165, 1.54) is 0 Å². The minimum atomic E-state index is -1.35. The van der Waals surface area contributed by atoms with Gasteiger partial charge in [0.05, 0.1) is 13.2 Å². The third-order valence-corrected chi connectivity index (χ3v) is 5.31. The van der Waals surface area contributed by atoms with E-state index in [0.29, 0.717) is 5.56 Å². The number of H-pyrrole nitrogens is 1. The number of rotatable bonds is 14. The van der Waals surface area contributed by atoms with E-state index >= 15 is 0 Å².